The number of rotatable bonds is 3. The van der Waals surface area contributed by atoms with E-state index in [9.17, 15) is 4.79 Å². The number of carboxylic acids is 1. The standard InChI is InChI=1S/C7H6O2.C3H8O2.C2H6O2.CH2O2/c8-7(9)6-4-2-1-3-5-6;1-2-3(4)5;3-1-2-4;2-1-3/h1-5H,(H,8,9);3-5H,2H2,1H3;3-4H,1-2H2;1H,(H,2,3). The van der Waals surface area contributed by atoms with Crippen molar-refractivity contribution in [2.45, 2.75) is 19.6 Å². The Hall–Kier alpha value is -2.00. The largest absolute Gasteiger partial charge is 0.483 e. The Morgan fingerprint density at radius 1 is 1.14 bits per heavy atom. The van der Waals surface area contributed by atoms with Crippen molar-refractivity contribution in [2.75, 3.05) is 13.2 Å². The lowest BCUT2D eigenvalue weighted by Gasteiger charge is -1.90. The summed E-state index contributed by atoms with van der Waals surface area (Å²) < 4.78 is 0. The van der Waals surface area contributed by atoms with Gasteiger partial charge in [-0.15, -0.1) is 0 Å². The quantitative estimate of drug-likeness (QED) is 0.330. The molecule has 0 aliphatic carbocycles. The van der Waals surface area contributed by atoms with Crippen LogP contribution in [0.15, 0.2) is 30.3 Å². The van der Waals surface area contributed by atoms with Crippen molar-refractivity contribution in [3.8, 4) is 0 Å². The molecule has 0 radical (unpaired) electrons. The van der Waals surface area contributed by atoms with Crippen molar-refractivity contribution in [3.05, 3.63) is 35.9 Å². The number of aliphatic hydroxyl groups is 4. The van der Waals surface area contributed by atoms with Gasteiger partial charge in [0.1, 0.15) is 0 Å². The van der Waals surface area contributed by atoms with Crippen LogP contribution in [0.2, 0.25) is 0 Å². The molecule has 6 N–H and O–H groups in total. The molecule has 0 heterocycles. The van der Waals surface area contributed by atoms with Crippen LogP contribution in [-0.2, 0) is 4.79 Å². The molecule has 8 nitrogen and oxygen atoms in total. The van der Waals surface area contributed by atoms with Gasteiger partial charge in [0.15, 0.2) is 6.29 Å². The topological polar surface area (TPSA) is 156 Å². The molecule has 8 heteroatoms. The van der Waals surface area contributed by atoms with E-state index in [0.29, 0.717) is 12.0 Å². The maximum atomic E-state index is 10.2. The first kappa shape index (κ1) is 24.0. The second-order valence-corrected chi connectivity index (χ2v) is 3.11. The average Bonchev–Trinajstić information content (AvgIpc) is 2.49. The van der Waals surface area contributed by atoms with Gasteiger partial charge in [-0.1, -0.05) is 25.1 Å². The van der Waals surface area contributed by atoms with Crippen LogP contribution in [0.25, 0.3) is 0 Å². The van der Waals surface area contributed by atoms with Crippen LogP contribution in [0, 0.1) is 0 Å². The highest BCUT2D eigenvalue weighted by Crippen LogP contribution is 1.96. The Balaban J connectivity index is -0.000000232. The summed E-state index contributed by atoms with van der Waals surface area (Å²) in [6.45, 7) is 1.20. The van der Waals surface area contributed by atoms with Gasteiger partial charge in [-0.25, -0.2) is 4.79 Å². The average molecular weight is 306 g/mol. The van der Waals surface area contributed by atoms with Crippen LogP contribution < -0.4 is 0 Å². The molecule has 0 spiro atoms. The maximum absolute atomic E-state index is 10.2. The molecule has 0 aliphatic rings. The van der Waals surface area contributed by atoms with Crippen LogP contribution in [0.4, 0.5) is 0 Å². The Morgan fingerprint density at radius 3 is 1.62 bits per heavy atom. The van der Waals surface area contributed by atoms with Crippen molar-refractivity contribution in [1.29, 1.82) is 0 Å². The Kier molecular flexibility index (Phi) is 23.3. The number of aliphatic hydroxyl groups excluding tert-OH is 3. The second kappa shape index (κ2) is 20.3. The molecule has 1 aromatic carbocycles. The molecule has 1 rings (SSSR count). The molecule has 0 aromatic heterocycles. The van der Waals surface area contributed by atoms with Gasteiger partial charge in [0.05, 0.1) is 18.8 Å². The summed E-state index contributed by atoms with van der Waals surface area (Å²) >= 11 is 0. The van der Waals surface area contributed by atoms with E-state index in [0.717, 1.165) is 0 Å². The number of hydrogen-bond donors (Lipinski definition) is 6. The molecule has 0 unspecified atom stereocenters. The highest BCUT2D eigenvalue weighted by molar-refractivity contribution is 5.87. The normalized spacial score (nSPS) is 8.10. The fourth-order valence-electron chi connectivity index (χ4n) is 0.581. The summed E-state index contributed by atoms with van der Waals surface area (Å²) in [5.41, 5.74) is 0.331. The van der Waals surface area contributed by atoms with E-state index < -0.39 is 12.3 Å². The predicted molar refractivity (Wildman–Crippen MR) is 74.8 cm³/mol. The van der Waals surface area contributed by atoms with Crippen LogP contribution in [-0.4, -0.2) is 62.6 Å². The summed E-state index contributed by atoms with van der Waals surface area (Å²) in [6, 6.07) is 8.30. The minimum Gasteiger partial charge on any atom is -0.483 e. The minimum atomic E-state index is -1.12. The molecule has 21 heavy (non-hydrogen) atoms. The van der Waals surface area contributed by atoms with Crippen molar-refractivity contribution in [1.82, 2.24) is 0 Å². The highest BCUT2D eigenvalue weighted by atomic mass is 16.5. The molecule has 0 amide bonds. The third kappa shape index (κ3) is 27.3. The molecule has 122 valence electrons. The molecule has 0 fully saturated rings. The number of benzene rings is 1. The number of aromatic carboxylic acids is 1. The lowest BCUT2D eigenvalue weighted by atomic mass is 10.2. The molecule has 0 atom stereocenters. The van der Waals surface area contributed by atoms with Crippen LogP contribution in [0.3, 0.4) is 0 Å². The monoisotopic (exact) mass is 306 g/mol. The Labute approximate surface area is 122 Å². The van der Waals surface area contributed by atoms with Gasteiger partial charge in [0, 0.05) is 0 Å². The summed E-state index contributed by atoms with van der Waals surface area (Å²) in [4.78, 5) is 18.6. The van der Waals surface area contributed by atoms with Crippen LogP contribution >= 0.6 is 0 Å². The minimum absolute atomic E-state index is 0.125. The first-order valence-electron chi connectivity index (χ1n) is 5.85. The molecule has 1 aromatic rings. The predicted octanol–water partition coefficient (Wildman–Crippen LogP) is -0.236. The maximum Gasteiger partial charge on any atom is 0.335 e. The fraction of sp³-hybridized carbons (Fsp3) is 0.385. The first-order chi connectivity index (χ1) is 9.90. The molecule has 0 saturated carbocycles. The Bertz CT molecular complexity index is 324. The van der Waals surface area contributed by atoms with Crippen molar-refractivity contribution in [2.24, 2.45) is 0 Å². The smallest absolute Gasteiger partial charge is 0.335 e. The molecule has 0 bridgehead atoms. The van der Waals surface area contributed by atoms with Crippen molar-refractivity contribution < 1.29 is 40.2 Å². The summed E-state index contributed by atoms with van der Waals surface area (Å²) in [7, 11) is 0. The molecular weight excluding hydrogens is 284 g/mol. The molecule has 0 aliphatic heterocycles. The van der Waals surface area contributed by atoms with Crippen LogP contribution in [0.5, 0.6) is 0 Å². The van der Waals surface area contributed by atoms with E-state index in [1.165, 1.54) is 0 Å². The van der Waals surface area contributed by atoms with Crippen molar-refractivity contribution >= 4 is 12.4 Å². The van der Waals surface area contributed by atoms with E-state index in [1.807, 2.05) is 0 Å². The summed E-state index contributed by atoms with van der Waals surface area (Å²) in [6.07, 6.45) is -0.699. The number of carboxylic acid groups (broad SMARTS) is 2. The zero-order valence-electron chi connectivity index (χ0n) is 11.7. The van der Waals surface area contributed by atoms with Gasteiger partial charge >= 0.3 is 5.97 Å². The van der Waals surface area contributed by atoms with Gasteiger partial charge in [0.2, 0.25) is 0 Å². The Morgan fingerprint density at radius 2 is 1.48 bits per heavy atom. The number of hydrogen-bond acceptors (Lipinski definition) is 6. The summed E-state index contributed by atoms with van der Waals surface area (Å²) in [5, 5.41) is 46.4. The number of carbonyl (C=O) groups is 2. The van der Waals surface area contributed by atoms with Crippen molar-refractivity contribution in [3.63, 3.8) is 0 Å². The zero-order valence-corrected chi connectivity index (χ0v) is 11.7. The van der Waals surface area contributed by atoms with Gasteiger partial charge < -0.3 is 30.6 Å². The second-order valence-electron chi connectivity index (χ2n) is 3.11. The first-order valence-corrected chi connectivity index (χ1v) is 5.85. The molecule has 0 saturated heterocycles. The SMILES string of the molecule is CCC(O)O.O=C(O)c1ccccc1.O=CO.OCCO. The van der Waals surface area contributed by atoms with E-state index in [4.69, 9.17) is 35.4 Å². The van der Waals surface area contributed by atoms with Gasteiger partial charge in [-0.2, -0.15) is 0 Å². The summed E-state index contributed by atoms with van der Waals surface area (Å²) in [5.74, 6) is -0.879. The van der Waals surface area contributed by atoms with Gasteiger partial charge in [-0.3, -0.25) is 4.79 Å². The fourth-order valence-corrected chi connectivity index (χ4v) is 0.581. The van der Waals surface area contributed by atoms with E-state index in [1.54, 1.807) is 37.3 Å². The van der Waals surface area contributed by atoms with E-state index in [2.05, 4.69) is 0 Å². The highest BCUT2D eigenvalue weighted by Gasteiger charge is 1.96. The lowest BCUT2D eigenvalue weighted by Crippen LogP contribution is -1.99. The third-order valence-electron chi connectivity index (χ3n) is 1.49. The lowest BCUT2D eigenvalue weighted by molar-refractivity contribution is -0.122. The van der Waals surface area contributed by atoms with Crippen LogP contribution in [0.1, 0.15) is 23.7 Å². The van der Waals surface area contributed by atoms with E-state index >= 15 is 0 Å². The van der Waals surface area contributed by atoms with Gasteiger partial charge in [-0.05, 0) is 18.6 Å². The van der Waals surface area contributed by atoms with Gasteiger partial charge in [0.25, 0.3) is 6.47 Å². The molecular formula is C13H22O8. The van der Waals surface area contributed by atoms with E-state index in [-0.39, 0.29) is 19.7 Å². The third-order valence-corrected chi connectivity index (χ3v) is 1.49. The zero-order chi connectivity index (χ0) is 17.1.